The maximum absolute atomic E-state index is 11.4. The van der Waals surface area contributed by atoms with Crippen molar-refractivity contribution in [1.29, 1.82) is 0 Å². The minimum absolute atomic E-state index is 0.488. The lowest BCUT2D eigenvalue weighted by atomic mass is 10.1. The van der Waals surface area contributed by atoms with Crippen molar-refractivity contribution in [3.63, 3.8) is 0 Å². The summed E-state index contributed by atoms with van der Waals surface area (Å²) in [5.41, 5.74) is 8.95. The van der Waals surface area contributed by atoms with Gasteiger partial charge in [0.15, 0.2) is 0 Å². The van der Waals surface area contributed by atoms with Gasteiger partial charge in [-0.05, 0) is 35.4 Å². The van der Waals surface area contributed by atoms with Crippen molar-refractivity contribution < 1.29 is 14.7 Å². The number of carboxylic acid groups (broad SMARTS) is 1. The van der Waals surface area contributed by atoms with Crippen LogP contribution in [-0.2, 0) is 9.59 Å². The Balaban J connectivity index is 2.07. The number of hydrogen-bond donors (Lipinski definition) is 3. The molecule has 2 rings (SSSR count). The van der Waals surface area contributed by atoms with E-state index in [1.165, 1.54) is 0 Å². The molecule has 0 spiro atoms. The summed E-state index contributed by atoms with van der Waals surface area (Å²) in [5.74, 6) is -1.65. The zero-order chi connectivity index (χ0) is 15.2. The molecule has 0 heterocycles. The van der Waals surface area contributed by atoms with Gasteiger partial charge in [0.1, 0.15) is 0 Å². The molecule has 0 atom stereocenters. The van der Waals surface area contributed by atoms with E-state index in [0.717, 1.165) is 23.3 Å². The number of benzene rings is 2. The van der Waals surface area contributed by atoms with Crippen molar-refractivity contribution in [2.45, 2.75) is 0 Å². The summed E-state index contributed by atoms with van der Waals surface area (Å²) in [6.45, 7) is 0. The molecule has 2 aromatic rings. The summed E-state index contributed by atoms with van der Waals surface area (Å²) in [4.78, 5) is 21.7. The minimum atomic E-state index is -1.16. The average molecular weight is 282 g/mol. The summed E-state index contributed by atoms with van der Waals surface area (Å²) in [7, 11) is 0. The molecule has 106 valence electrons. The third-order valence-corrected chi connectivity index (χ3v) is 2.77. The number of amides is 1. The fourth-order valence-corrected chi connectivity index (χ4v) is 1.75. The molecular weight excluding hydrogens is 268 g/mol. The van der Waals surface area contributed by atoms with E-state index < -0.39 is 11.9 Å². The molecule has 0 bridgehead atoms. The first-order valence-corrected chi connectivity index (χ1v) is 6.22. The largest absolute Gasteiger partial charge is 0.478 e. The highest BCUT2D eigenvalue weighted by molar-refractivity contribution is 6.02. The third kappa shape index (κ3) is 4.21. The molecule has 0 radical (unpaired) electrons. The highest BCUT2D eigenvalue weighted by atomic mass is 16.4. The SMILES string of the molecule is Nc1ccc(-c2ccc(NC(=O)/C=C\C(=O)O)cc2)cc1. The zero-order valence-corrected chi connectivity index (χ0v) is 11.1. The number of hydrogen-bond acceptors (Lipinski definition) is 3. The molecule has 2 aromatic carbocycles. The number of carbonyl (C=O) groups is 2. The van der Waals surface area contributed by atoms with Crippen molar-refractivity contribution in [3.8, 4) is 11.1 Å². The number of nitrogens with two attached hydrogens (primary N) is 1. The van der Waals surface area contributed by atoms with Crippen LogP contribution in [-0.4, -0.2) is 17.0 Å². The topological polar surface area (TPSA) is 92.4 Å². The van der Waals surface area contributed by atoms with E-state index in [9.17, 15) is 9.59 Å². The van der Waals surface area contributed by atoms with Crippen molar-refractivity contribution in [2.24, 2.45) is 0 Å². The van der Waals surface area contributed by atoms with Gasteiger partial charge in [0.2, 0.25) is 5.91 Å². The number of anilines is 2. The van der Waals surface area contributed by atoms with Crippen LogP contribution in [0.2, 0.25) is 0 Å². The van der Waals surface area contributed by atoms with Crippen LogP contribution in [0.25, 0.3) is 11.1 Å². The second-order valence-corrected chi connectivity index (χ2v) is 4.36. The van der Waals surface area contributed by atoms with Crippen LogP contribution in [0.15, 0.2) is 60.7 Å². The number of carbonyl (C=O) groups excluding carboxylic acids is 1. The van der Waals surface area contributed by atoms with Crippen LogP contribution in [0.5, 0.6) is 0 Å². The Hall–Kier alpha value is -3.08. The Morgan fingerprint density at radius 1 is 0.905 bits per heavy atom. The zero-order valence-electron chi connectivity index (χ0n) is 11.1. The second kappa shape index (κ2) is 6.38. The number of aliphatic carboxylic acids is 1. The molecule has 0 saturated carbocycles. The number of nitrogen functional groups attached to an aromatic ring is 1. The predicted octanol–water partition coefficient (Wildman–Crippen LogP) is 2.52. The molecule has 0 aromatic heterocycles. The maximum atomic E-state index is 11.4. The maximum Gasteiger partial charge on any atom is 0.328 e. The van der Waals surface area contributed by atoms with E-state index >= 15 is 0 Å². The Kier molecular flexibility index (Phi) is 4.36. The number of carboxylic acids is 1. The highest BCUT2D eigenvalue weighted by Crippen LogP contribution is 2.22. The first-order chi connectivity index (χ1) is 10.0. The van der Waals surface area contributed by atoms with Gasteiger partial charge in [-0.15, -0.1) is 0 Å². The molecule has 0 unspecified atom stereocenters. The molecule has 5 heteroatoms. The Labute approximate surface area is 121 Å². The molecule has 4 N–H and O–H groups in total. The quantitative estimate of drug-likeness (QED) is 0.593. The van der Waals surface area contributed by atoms with E-state index in [1.54, 1.807) is 12.1 Å². The summed E-state index contributed by atoms with van der Waals surface area (Å²) < 4.78 is 0. The molecule has 21 heavy (non-hydrogen) atoms. The first kappa shape index (κ1) is 14.3. The second-order valence-electron chi connectivity index (χ2n) is 4.36. The van der Waals surface area contributed by atoms with Crippen LogP contribution in [0.3, 0.4) is 0 Å². The van der Waals surface area contributed by atoms with E-state index in [0.29, 0.717) is 11.4 Å². The third-order valence-electron chi connectivity index (χ3n) is 2.77. The summed E-state index contributed by atoms with van der Waals surface area (Å²) in [6.07, 6.45) is 1.76. The molecule has 0 saturated heterocycles. The van der Waals surface area contributed by atoms with E-state index in [1.807, 2.05) is 36.4 Å². The van der Waals surface area contributed by atoms with Crippen molar-refractivity contribution in [3.05, 3.63) is 60.7 Å². The lowest BCUT2D eigenvalue weighted by Gasteiger charge is -2.05. The van der Waals surface area contributed by atoms with E-state index in [2.05, 4.69) is 5.32 Å². The summed E-state index contributed by atoms with van der Waals surface area (Å²) >= 11 is 0. The minimum Gasteiger partial charge on any atom is -0.478 e. The molecular formula is C16H14N2O3. The lowest BCUT2D eigenvalue weighted by molar-refractivity contribution is -0.131. The van der Waals surface area contributed by atoms with Gasteiger partial charge < -0.3 is 16.2 Å². The van der Waals surface area contributed by atoms with Gasteiger partial charge >= 0.3 is 5.97 Å². The molecule has 0 aliphatic rings. The first-order valence-electron chi connectivity index (χ1n) is 6.22. The van der Waals surface area contributed by atoms with Gasteiger partial charge in [-0.25, -0.2) is 4.79 Å². The number of rotatable bonds is 4. The summed E-state index contributed by atoms with van der Waals surface area (Å²) in [6, 6.07) is 14.7. The van der Waals surface area contributed by atoms with Gasteiger partial charge in [0.25, 0.3) is 0 Å². The smallest absolute Gasteiger partial charge is 0.328 e. The molecule has 0 fully saturated rings. The Morgan fingerprint density at radius 2 is 1.43 bits per heavy atom. The lowest BCUT2D eigenvalue weighted by Crippen LogP contribution is -2.08. The fraction of sp³-hybridized carbons (Fsp3) is 0. The number of nitrogens with one attached hydrogen (secondary N) is 1. The molecule has 5 nitrogen and oxygen atoms in total. The van der Waals surface area contributed by atoms with Crippen molar-refractivity contribution >= 4 is 23.3 Å². The van der Waals surface area contributed by atoms with Gasteiger partial charge in [0.05, 0.1) is 0 Å². The fourth-order valence-electron chi connectivity index (χ4n) is 1.75. The van der Waals surface area contributed by atoms with Crippen molar-refractivity contribution in [1.82, 2.24) is 0 Å². The average Bonchev–Trinajstić information content (AvgIpc) is 2.47. The van der Waals surface area contributed by atoms with Crippen LogP contribution < -0.4 is 11.1 Å². The Bertz CT molecular complexity index is 674. The van der Waals surface area contributed by atoms with Crippen LogP contribution >= 0.6 is 0 Å². The van der Waals surface area contributed by atoms with Crippen LogP contribution in [0.4, 0.5) is 11.4 Å². The molecule has 1 amide bonds. The monoisotopic (exact) mass is 282 g/mol. The van der Waals surface area contributed by atoms with Gasteiger partial charge in [-0.3, -0.25) is 4.79 Å². The predicted molar refractivity (Wildman–Crippen MR) is 81.7 cm³/mol. The molecule has 0 aliphatic carbocycles. The van der Waals surface area contributed by atoms with E-state index in [4.69, 9.17) is 10.8 Å². The standard InChI is InChI=1S/C16H14N2O3/c17-13-5-1-11(2-6-13)12-3-7-14(8-4-12)18-15(19)9-10-16(20)21/h1-10H,17H2,(H,18,19)(H,20,21)/b10-9-. The van der Waals surface area contributed by atoms with Crippen LogP contribution in [0.1, 0.15) is 0 Å². The molecule has 0 aliphatic heterocycles. The van der Waals surface area contributed by atoms with Crippen LogP contribution in [0, 0.1) is 0 Å². The van der Waals surface area contributed by atoms with Gasteiger partial charge in [-0.1, -0.05) is 24.3 Å². The van der Waals surface area contributed by atoms with Gasteiger partial charge in [-0.2, -0.15) is 0 Å². The van der Waals surface area contributed by atoms with Gasteiger partial charge in [0, 0.05) is 23.5 Å². The highest BCUT2D eigenvalue weighted by Gasteiger charge is 2.01. The summed E-state index contributed by atoms with van der Waals surface area (Å²) in [5, 5.41) is 11.0. The van der Waals surface area contributed by atoms with Crippen molar-refractivity contribution in [2.75, 3.05) is 11.1 Å². The normalized spacial score (nSPS) is 10.5. The van der Waals surface area contributed by atoms with E-state index in [-0.39, 0.29) is 0 Å². The Morgan fingerprint density at radius 3 is 1.95 bits per heavy atom.